The number of thiazole rings is 1. The first-order valence-corrected chi connectivity index (χ1v) is 10.2. The van der Waals surface area contributed by atoms with E-state index in [-0.39, 0.29) is 11.3 Å². The highest BCUT2D eigenvalue weighted by Crippen LogP contribution is 2.34. The normalized spacial score (nSPS) is 20.9. The molecule has 1 aliphatic heterocycles. The Balaban J connectivity index is 1.54. The number of aromatic nitrogens is 1. The summed E-state index contributed by atoms with van der Waals surface area (Å²) < 4.78 is 0. The molecule has 24 heavy (non-hydrogen) atoms. The summed E-state index contributed by atoms with van der Waals surface area (Å²) in [5.74, 6) is 0.0628. The molecular formula is C18H25N3OS2. The van der Waals surface area contributed by atoms with E-state index in [1.807, 2.05) is 16.8 Å². The van der Waals surface area contributed by atoms with Crippen molar-refractivity contribution < 1.29 is 4.79 Å². The van der Waals surface area contributed by atoms with Crippen molar-refractivity contribution in [1.82, 2.24) is 15.2 Å². The smallest absolute Gasteiger partial charge is 0.226 e. The van der Waals surface area contributed by atoms with Gasteiger partial charge < -0.3 is 10.2 Å². The van der Waals surface area contributed by atoms with Crippen molar-refractivity contribution in [2.45, 2.75) is 39.2 Å². The molecule has 0 aromatic carbocycles. The minimum absolute atomic E-state index is 0.0628. The van der Waals surface area contributed by atoms with E-state index >= 15 is 0 Å². The third kappa shape index (κ3) is 4.05. The molecule has 3 rings (SSSR count). The summed E-state index contributed by atoms with van der Waals surface area (Å²) in [4.78, 5) is 20.4. The van der Waals surface area contributed by atoms with Gasteiger partial charge in [0.25, 0.3) is 0 Å². The number of piperidine rings is 1. The fraction of sp³-hybridized carbons (Fsp3) is 0.556. The highest BCUT2D eigenvalue weighted by atomic mass is 32.1. The third-order valence-corrected chi connectivity index (χ3v) is 6.81. The lowest BCUT2D eigenvalue weighted by Gasteiger charge is -2.45. The van der Waals surface area contributed by atoms with Gasteiger partial charge in [-0.2, -0.15) is 0 Å². The number of likely N-dealkylation sites (tertiary alicyclic amines) is 1. The van der Waals surface area contributed by atoms with E-state index < -0.39 is 0 Å². The quantitative estimate of drug-likeness (QED) is 0.882. The summed E-state index contributed by atoms with van der Waals surface area (Å²) in [6, 6.07) is 4.48. The van der Waals surface area contributed by atoms with Crippen LogP contribution in [0.3, 0.4) is 0 Å². The van der Waals surface area contributed by atoms with Crippen LogP contribution in [-0.2, 0) is 11.2 Å². The number of carbonyl (C=O) groups is 1. The maximum atomic E-state index is 12.3. The van der Waals surface area contributed by atoms with Gasteiger partial charge in [-0.1, -0.05) is 19.9 Å². The third-order valence-electron chi connectivity index (χ3n) is 4.88. The Morgan fingerprint density at radius 3 is 3.00 bits per heavy atom. The SMILES string of the molecule is CN1CCCC(C)(C)C1CNC(=O)Cc1csc(-c2cccs2)n1. The lowest BCUT2D eigenvalue weighted by Crippen LogP contribution is -2.53. The van der Waals surface area contributed by atoms with Gasteiger partial charge in [0.15, 0.2) is 0 Å². The van der Waals surface area contributed by atoms with Crippen molar-refractivity contribution >= 4 is 28.6 Å². The predicted octanol–water partition coefficient (Wildman–Crippen LogP) is 3.65. The summed E-state index contributed by atoms with van der Waals surface area (Å²) in [5, 5.41) is 8.16. The summed E-state index contributed by atoms with van der Waals surface area (Å²) in [6.07, 6.45) is 2.81. The zero-order valence-corrected chi connectivity index (χ0v) is 16.2. The Kier molecular flexibility index (Phi) is 5.37. The standard InChI is InChI=1S/C18H25N3OS2/c1-18(2)7-5-8-21(3)15(18)11-19-16(22)10-13-12-24-17(20-13)14-6-4-9-23-14/h4,6,9,12,15H,5,7-8,10-11H2,1-3H3,(H,19,22). The van der Waals surface area contributed by atoms with Gasteiger partial charge in [-0.25, -0.2) is 4.98 Å². The number of hydrogen-bond donors (Lipinski definition) is 1. The van der Waals surface area contributed by atoms with Gasteiger partial charge in [-0.3, -0.25) is 4.79 Å². The fourth-order valence-electron chi connectivity index (χ4n) is 3.47. The first kappa shape index (κ1) is 17.6. The Hall–Kier alpha value is -1.24. The lowest BCUT2D eigenvalue weighted by atomic mass is 9.76. The Bertz CT molecular complexity index is 678. The molecular weight excluding hydrogens is 338 g/mol. The van der Waals surface area contributed by atoms with Gasteiger partial charge in [0.2, 0.25) is 5.91 Å². The molecule has 0 aliphatic carbocycles. The van der Waals surface area contributed by atoms with Crippen molar-refractivity contribution in [3.05, 3.63) is 28.6 Å². The number of rotatable bonds is 5. The van der Waals surface area contributed by atoms with E-state index in [0.717, 1.165) is 22.1 Å². The van der Waals surface area contributed by atoms with Gasteiger partial charge in [0.05, 0.1) is 17.0 Å². The lowest BCUT2D eigenvalue weighted by molar-refractivity contribution is -0.121. The van der Waals surface area contributed by atoms with Crippen LogP contribution in [-0.4, -0.2) is 42.0 Å². The minimum atomic E-state index is 0.0628. The highest BCUT2D eigenvalue weighted by molar-refractivity contribution is 7.20. The molecule has 1 fully saturated rings. The summed E-state index contributed by atoms with van der Waals surface area (Å²) in [5.41, 5.74) is 1.10. The van der Waals surface area contributed by atoms with E-state index in [9.17, 15) is 4.79 Å². The molecule has 0 bridgehead atoms. The van der Waals surface area contributed by atoms with Crippen molar-refractivity contribution in [2.75, 3.05) is 20.1 Å². The van der Waals surface area contributed by atoms with Crippen LogP contribution in [0.4, 0.5) is 0 Å². The van der Waals surface area contributed by atoms with Crippen LogP contribution in [0, 0.1) is 5.41 Å². The molecule has 0 spiro atoms. The van der Waals surface area contributed by atoms with E-state index in [2.05, 4.69) is 42.2 Å². The molecule has 1 amide bonds. The zero-order valence-electron chi connectivity index (χ0n) is 14.5. The van der Waals surface area contributed by atoms with Crippen LogP contribution in [0.1, 0.15) is 32.4 Å². The number of amides is 1. The monoisotopic (exact) mass is 363 g/mol. The molecule has 1 unspecified atom stereocenters. The average molecular weight is 364 g/mol. The Labute approximate surface area is 151 Å². The summed E-state index contributed by atoms with van der Waals surface area (Å²) >= 11 is 3.29. The van der Waals surface area contributed by atoms with Crippen LogP contribution in [0.25, 0.3) is 9.88 Å². The van der Waals surface area contributed by atoms with Crippen LogP contribution >= 0.6 is 22.7 Å². The number of thiophene rings is 1. The first-order chi connectivity index (χ1) is 11.5. The van der Waals surface area contributed by atoms with E-state index in [0.29, 0.717) is 19.0 Å². The van der Waals surface area contributed by atoms with Gasteiger partial charge in [0.1, 0.15) is 5.01 Å². The van der Waals surface area contributed by atoms with Crippen LogP contribution in [0.15, 0.2) is 22.9 Å². The van der Waals surface area contributed by atoms with Crippen LogP contribution in [0.2, 0.25) is 0 Å². The second-order valence-corrected chi connectivity index (χ2v) is 9.00. The average Bonchev–Trinajstić information content (AvgIpc) is 3.16. The topological polar surface area (TPSA) is 45.2 Å². The molecule has 1 atom stereocenters. The molecule has 1 N–H and O–H groups in total. The van der Waals surface area contributed by atoms with E-state index in [4.69, 9.17) is 0 Å². The first-order valence-electron chi connectivity index (χ1n) is 8.41. The van der Waals surface area contributed by atoms with Crippen molar-refractivity contribution in [1.29, 1.82) is 0 Å². The van der Waals surface area contributed by atoms with E-state index in [1.165, 1.54) is 12.8 Å². The number of likely N-dealkylation sites (N-methyl/N-ethyl adjacent to an activating group) is 1. The van der Waals surface area contributed by atoms with Crippen LogP contribution < -0.4 is 5.32 Å². The number of nitrogens with one attached hydrogen (secondary N) is 1. The molecule has 4 nitrogen and oxygen atoms in total. The zero-order chi connectivity index (χ0) is 17.2. The minimum Gasteiger partial charge on any atom is -0.354 e. The van der Waals surface area contributed by atoms with Gasteiger partial charge in [-0.05, 0) is 43.3 Å². The largest absolute Gasteiger partial charge is 0.354 e. The molecule has 2 aromatic heterocycles. The van der Waals surface area contributed by atoms with Gasteiger partial charge >= 0.3 is 0 Å². The van der Waals surface area contributed by atoms with Crippen LogP contribution in [0.5, 0.6) is 0 Å². The Morgan fingerprint density at radius 2 is 2.29 bits per heavy atom. The fourth-order valence-corrected chi connectivity index (χ4v) is 5.11. The number of hydrogen-bond acceptors (Lipinski definition) is 5. The number of nitrogens with zero attached hydrogens (tertiary/aromatic N) is 2. The maximum Gasteiger partial charge on any atom is 0.226 e. The van der Waals surface area contributed by atoms with E-state index in [1.54, 1.807) is 22.7 Å². The highest BCUT2D eigenvalue weighted by Gasteiger charge is 2.35. The Morgan fingerprint density at radius 1 is 1.46 bits per heavy atom. The van der Waals surface area contributed by atoms with Gasteiger partial charge in [0, 0.05) is 18.0 Å². The molecule has 2 aromatic rings. The van der Waals surface area contributed by atoms with Crippen molar-refractivity contribution in [3.63, 3.8) is 0 Å². The molecule has 6 heteroatoms. The summed E-state index contributed by atoms with van der Waals surface area (Å²) in [7, 11) is 2.16. The molecule has 3 heterocycles. The van der Waals surface area contributed by atoms with Crippen molar-refractivity contribution in [3.8, 4) is 9.88 Å². The molecule has 1 aliphatic rings. The second kappa shape index (κ2) is 7.33. The predicted molar refractivity (Wildman–Crippen MR) is 102 cm³/mol. The molecule has 130 valence electrons. The van der Waals surface area contributed by atoms with Gasteiger partial charge in [-0.15, -0.1) is 22.7 Å². The maximum absolute atomic E-state index is 12.3. The molecule has 0 saturated carbocycles. The second-order valence-electron chi connectivity index (χ2n) is 7.19. The molecule has 0 radical (unpaired) electrons. The number of carbonyl (C=O) groups excluding carboxylic acids is 1. The summed E-state index contributed by atoms with van der Waals surface area (Å²) in [6.45, 7) is 6.42. The molecule has 1 saturated heterocycles. The van der Waals surface area contributed by atoms with Crippen molar-refractivity contribution in [2.24, 2.45) is 5.41 Å².